The summed E-state index contributed by atoms with van der Waals surface area (Å²) in [6.07, 6.45) is 2.30. The number of nitrogens with two attached hydrogens (primary N) is 1. The monoisotopic (exact) mass is 198 g/mol. The van der Waals surface area contributed by atoms with Gasteiger partial charge in [0.15, 0.2) is 0 Å². The Kier molecular flexibility index (Phi) is 2.58. The molecular formula is C11H22N2O. The molecule has 14 heavy (non-hydrogen) atoms. The molecule has 2 N–H and O–H groups in total. The van der Waals surface area contributed by atoms with Gasteiger partial charge in [-0.1, -0.05) is 13.8 Å². The summed E-state index contributed by atoms with van der Waals surface area (Å²) in [5.41, 5.74) is 6.72. The molecule has 2 heterocycles. The fourth-order valence-corrected chi connectivity index (χ4v) is 2.56. The molecule has 2 fully saturated rings. The van der Waals surface area contributed by atoms with Crippen LogP contribution in [0.1, 0.15) is 26.7 Å². The highest BCUT2D eigenvalue weighted by Crippen LogP contribution is 2.34. The predicted molar refractivity (Wildman–Crippen MR) is 57.2 cm³/mol. The van der Waals surface area contributed by atoms with Crippen LogP contribution >= 0.6 is 0 Å². The third-order valence-electron chi connectivity index (χ3n) is 3.74. The second kappa shape index (κ2) is 3.47. The first-order valence-corrected chi connectivity index (χ1v) is 5.64. The summed E-state index contributed by atoms with van der Waals surface area (Å²) in [7, 11) is 0. The summed E-state index contributed by atoms with van der Waals surface area (Å²) in [6, 6.07) is 0. The molecule has 0 spiro atoms. The molecule has 2 aliphatic rings. The van der Waals surface area contributed by atoms with E-state index >= 15 is 0 Å². The Hall–Kier alpha value is -0.120. The van der Waals surface area contributed by atoms with Gasteiger partial charge >= 0.3 is 0 Å². The van der Waals surface area contributed by atoms with Crippen molar-refractivity contribution >= 4 is 0 Å². The van der Waals surface area contributed by atoms with E-state index in [0.29, 0.717) is 5.41 Å². The van der Waals surface area contributed by atoms with E-state index in [1.165, 1.54) is 19.5 Å². The van der Waals surface area contributed by atoms with E-state index < -0.39 is 0 Å². The summed E-state index contributed by atoms with van der Waals surface area (Å²) in [4.78, 5) is 2.47. The number of rotatable bonds is 3. The lowest BCUT2D eigenvalue weighted by Gasteiger charge is -2.50. The Morgan fingerprint density at radius 1 is 1.43 bits per heavy atom. The van der Waals surface area contributed by atoms with Gasteiger partial charge in [0.2, 0.25) is 0 Å². The highest BCUT2D eigenvalue weighted by molar-refractivity contribution is 4.97. The fourth-order valence-electron chi connectivity index (χ4n) is 2.56. The van der Waals surface area contributed by atoms with Crippen molar-refractivity contribution in [2.75, 3.05) is 32.8 Å². The lowest BCUT2D eigenvalue weighted by Crippen LogP contribution is -2.61. The second-order valence-corrected chi connectivity index (χ2v) is 5.47. The van der Waals surface area contributed by atoms with Gasteiger partial charge in [-0.25, -0.2) is 0 Å². The van der Waals surface area contributed by atoms with Crippen molar-refractivity contribution in [3.63, 3.8) is 0 Å². The molecule has 1 atom stereocenters. The molecular weight excluding hydrogens is 176 g/mol. The zero-order valence-corrected chi connectivity index (χ0v) is 9.38. The van der Waals surface area contributed by atoms with Crippen molar-refractivity contribution in [3.8, 4) is 0 Å². The minimum absolute atomic E-state index is 0.0604. The van der Waals surface area contributed by atoms with Crippen LogP contribution in [0.5, 0.6) is 0 Å². The average molecular weight is 198 g/mol. The van der Waals surface area contributed by atoms with Crippen molar-refractivity contribution in [1.29, 1.82) is 0 Å². The first kappa shape index (κ1) is 10.4. The van der Waals surface area contributed by atoms with E-state index in [2.05, 4.69) is 18.7 Å². The third kappa shape index (κ3) is 1.95. The maximum Gasteiger partial charge on any atom is 0.0659 e. The van der Waals surface area contributed by atoms with Crippen LogP contribution < -0.4 is 5.73 Å². The van der Waals surface area contributed by atoms with Gasteiger partial charge in [0, 0.05) is 26.2 Å². The van der Waals surface area contributed by atoms with Crippen LogP contribution in [0.4, 0.5) is 0 Å². The first-order valence-electron chi connectivity index (χ1n) is 5.64. The van der Waals surface area contributed by atoms with E-state index in [-0.39, 0.29) is 5.54 Å². The van der Waals surface area contributed by atoms with E-state index in [4.69, 9.17) is 10.5 Å². The Bertz CT molecular complexity index is 205. The highest BCUT2D eigenvalue weighted by atomic mass is 16.5. The van der Waals surface area contributed by atoms with Crippen molar-refractivity contribution in [2.45, 2.75) is 32.2 Å². The van der Waals surface area contributed by atoms with Crippen LogP contribution in [-0.2, 0) is 4.74 Å². The normalized spacial score (nSPS) is 37.1. The van der Waals surface area contributed by atoms with Crippen molar-refractivity contribution in [3.05, 3.63) is 0 Å². The van der Waals surface area contributed by atoms with Gasteiger partial charge in [-0.15, -0.1) is 0 Å². The molecule has 0 amide bonds. The second-order valence-electron chi connectivity index (χ2n) is 5.47. The van der Waals surface area contributed by atoms with Crippen LogP contribution in [0, 0.1) is 5.41 Å². The Morgan fingerprint density at radius 3 is 2.64 bits per heavy atom. The smallest absolute Gasteiger partial charge is 0.0659 e. The van der Waals surface area contributed by atoms with Crippen LogP contribution in [-0.4, -0.2) is 43.3 Å². The molecule has 2 aliphatic heterocycles. The van der Waals surface area contributed by atoms with Crippen LogP contribution in [0.15, 0.2) is 0 Å². The topological polar surface area (TPSA) is 38.5 Å². The van der Waals surface area contributed by atoms with Crippen LogP contribution in [0.2, 0.25) is 0 Å². The Labute approximate surface area is 86.6 Å². The van der Waals surface area contributed by atoms with Crippen LogP contribution in [0.3, 0.4) is 0 Å². The molecule has 0 aliphatic carbocycles. The molecule has 0 bridgehead atoms. The quantitative estimate of drug-likeness (QED) is 0.730. The first-order chi connectivity index (χ1) is 6.55. The number of hydrogen-bond donors (Lipinski definition) is 1. The molecule has 2 saturated heterocycles. The van der Waals surface area contributed by atoms with Crippen molar-refractivity contribution < 1.29 is 4.74 Å². The number of likely N-dealkylation sites (tertiary alicyclic amines) is 1. The zero-order chi connectivity index (χ0) is 10.2. The van der Waals surface area contributed by atoms with Gasteiger partial charge in [0.25, 0.3) is 0 Å². The Morgan fingerprint density at radius 2 is 2.14 bits per heavy atom. The SMILES string of the molecule is CCC1(C)CN(CC2(N)CCOC2)C1. The lowest BCUT2D eigenvalue weighted by molar-refractivity contribution is -0.00466. The number of nitrogens with zero attached hydrogens (tertiary/aromatic N) is 1. The maximum atomic E-state index is 6.23. The third-order valence-corrected chi connectivity index (χ3v) is 3.74. The minimum Gasteiger partial charge on any atom is -0.379 e. The standard InChI is InChI=1S/C11H22N2O/c1-3-10(2)6-13(7-10)8-11(12)4-5-14-9-11/h3-9,12H2,1-2H3. The average Bonchev–Trinajstić information content (AvgIpc) is 2.49. The molecule has 3 heteroatoms. The largest absolute Gasteiger partial charge is 0.379 e. The molecule has 0 radical (unpaired) electrons. The van der Waals surface area contributed by atoms with E-state index in [0.717, 1.165) is 26.2 Å². The summed E-state index contributed by atoms with van der Waals surface area (Å²) < 4.78 is 5.36. The Balaban J connectivity index is 1.78. The summed E-state index contributed by atoms with van der Waals surface area (Å²) in [6.45, 7) is 9.65. The molecule has 0 saturated carbocycles. The fraction of sp³-hybridized carbons (Fsp3) is 1.00. The van der Waals surface area contributed by atoms with Gasteiger partial charge in [0.1, 0.15) is 0 Å². The van der Waals surface area contributed by atoms with Gasteiger partial charge in [-0.2, -0.15) is 0 Å². The van der Waals surface area contributed by atoms with Gasteiger partial charge in [-0.3, -0.25) is 0 Å². The molecule has 0 aromatic rings. The molecule has 82 valence electrons. The summed E-state index contributed by atoms with van der Waals surface area (Å²) >= 11 is 0. The number of hydrogen-bond acceptors (Lipinski definition) is 3. The minimum atomic E-state index is -0.0604. The van der Waals surface area contributed by atoms with Crippen molar-refractivity contribution in [1.82, 2.24) is 4.90 Å². The molecule has 0 aromatic carbocycles. The molecule has 0 aromatic heterocycles. The highest BCUT2D eigenvalue weighted by Gasteiger charge is 2.41. The number of ether oxygens (including phenoxy) is 1. The van der Waals surface area contributed by atoms with E-state index in [9.17, 15) is 0 Å². The van der Waals surface area contributed by atoms with Gasteiger partial charge in [-0.05, 0) is 18.3 Å². The molecule has 1 unspecified atom stereocenters. The molecule has 3 nitrogen and oxygen atoms in total. The van der Waals surface area contributed by atoms with E-state index in [1.807, 2.05) is 0 Å². The van der Waals surface area contributed by atoms with Gasteiger partial charge in [0.05, 0.1) is 12.1 Å². The summed E-state index contributed by atoms with van der Waals surface area (Å²) in [5.74, 6) is 0. The molecule has 2 rings (SSSR count). The van der Waals surface area contributed by atoms with E-state index in [1.54, 1.807) is 0 Å². The maximum absolute atomic E-state index is 6.23. The lowest BCUT2D eigenvalue weighted by atomic mass is 9.78. The predicted octanol–water partition coefficient (Wildman–Crippen LogP) is 0.836. The summed E-state index contributed by atoms with van der Waals surface area (Å²) in [5, 5.41) is 0. The van der Waals surface area contributed by atoms with Gasteiger partial charge < -0.3 is 15.4 Å². The zero-order valence-electron chi connectivity index (χ0n) is 9.38. The van der Waals surface area contributed by atoms with Crippen LogP contribution in [0.25, 0.3) is 0 Å². The van der Waals surface area contributed by atoms with Crippen molar-refractivity contribution in [2.24, 2.45) is 11.1 Å².